The Labute approximate surface area is 85.1 Å². The zero-order chi connectivity index (χ0) is 10.4. The molecule has 3 N–H and O–H groups in total. The summed E-state index contributed by atoms with van der Waals surface area (Å²) in [6.45, 7) is 1.82. The van der Waals surface area contributed by atoms with Crippen molar-refractivity contribution in [1.29, 1.82) is 0 Å². The van der Waals surface area contributed by atoms with Gasteiger partial charge in [-0.05, 0) is 12.8 Å². The van der Waals surface area contributed by atoms with Crippen molar-refractivity contribution < 1.29 is 9.90 Å². The van der Waals surface area contributed by atoms with Crippen molar-refractivity contribution in [3.05, 3.63) is 0 Å². The number of nitrogens with zero attached hydrogens (tertiary/aromatic N) is 1. The van der Waals surface area contributed by atoms with Gasteiger partial charge in [-0.15, -0.1) is 0 Å². The lowest BCUT2D eigenvalue weighted by molar-refractivity contribution is -0.127. The van der Waals surface area contributed by atoms with Crippen LogP contribution < -0.4 is 5.73 Å². The van der Waals surface area contributed by atoms with E-state index in [1.54, 1.807) is 0 Å². The van der Waals surface area contributed by atoms with E-state index in [0.29, 0.717) is 6.42 Å². The van der Waals surface area contributed by atoms with Crippen LogP contribution in [0.4, 0.5) is 0 Å². The number of nitrogens with two attached hydrogens (primary N) is 1. The van der Waals surface area contributed by atoms with Crippen LogP contribution in [0, 0.1) is 0 Å². The van der Waals surface area contributed by atoms with Gasteiger partial charge in [0, 0.05) is 32.2 Å². The molecule has 1 aliphatic rings. The van der Waals surface area contributed by atoms with E-state index in [2.05, 4.69) is 0 Å². The minimum Gasteiger partial charge on any atom is -0.396 e. The Morgan fingerprint density at radius 3 is 2.64 bits per heavy atom. The van der Waals surface area contributed by atoms with E-state index in [4.69, 9.17) is 10.8 Å². The molecule has 0 saturated carbocycles. The molecule has 0 aromatic rings. The largest absolute Gasteiger partial charge is 0.396 e. The molecule has 82 valence electrons. The number of unbranched alkanes of at least 4 members (excludes halogenated alkanes) is 3. The Balaban J connectivity index is 2.04. The minimum atomic E-state index is 0.0416. The first-order valence-electron chi connectivity index (χ1n) is 5.38. The number of hydrogen-bond donors (Lipinski definition) is 2. The van der Waals surface area contributed by atoms with Crippen LogP contribution in [0.5, 0.6) is 0 Å². The van der Waals surface area contributed by atoms with E-state index in [-0.39, 0.29) is 18.6 Å². The molecule has 1 atom stereocenters. The smallest absolute Gasteiger partial charge is 0.224 e. The van der Waals surface area contributed by atoms with Gasteiger partial charge in [0.05, 0.1) is 0 Å². The van der Waals surface area contributed by atoms with Gasteiger partial charge in [-0.3, -0.25) is 4.79 Å². The molecule has 0 spiro atoms. The summed E-state index contributed by atoms with van der Waals surface area (Å²) in [5, 5.41) is 8.57. The highest BCUT2D eigenvalue weighted by molar-refractivity contribution is 5.79. The van der Waals surface area contributed by atoms with E-state index in [1.807, 2.05) is 4.90 Å². The highest BCUT2D eigenvalue weighted by atomic mass is 16.2. The maximum absolute atomic E-state index is 11.3. The molecule has 4 heteroatoms. The van der Waals surface area contributed by atoms with Crippen molar-refractivity contribution in [2.75, 3.05) is 19.7 Å². The van der Waals surface area contributed by atoms with Gasteiger partial charge in [0.25, 0.3) is 0 Å². The number of likely N-dealkylation sites (tertiary alicyclic amines) is 1. The third kappa shape index (κ3) is 3.64. The fourth-order valence-corrected chi connectivity index (χ4v) is 1.79. The summed E-state index contributed by atoms with van der Waals surface area (Å²) in [7, 11) is 0. The van der Waals surface area contributed by atoms with Gasteiger partial charge in [0.1, 0.15) is 0 Å². The zero-order valence-corrected chi connectivity index (χ0v) is 8.61. The molecule has 1 heterocycles. The number of hydrogen-bond acceptors (Lipinski definition) is 3. The van der Waals surface area contributed by atoms with Gasteiger partial charge in [-0.1, -0.05) is 12.8 Å². The van der Waals surface area contributed by atoms with Crippen LogP contribution >= 0.6 is 0 Å². The average molecular weight is 200 g/mol. The monoisotopic (exact) mass is 200 g/mol. The number of carbonyl (C=O) groups is 1. The molecule has 0 aromatic heterocycles. The summed E-state index contributed by atoms with van der Waals surface area (Å²) in [4.78, 5) is 13.2. The van der Waals surface area contributed by atoms with Crippen molar-refractivity contribution in [2.45, 2.75) is 38.1 Å². The first-order valence-corrected chi connectivity index (χ1v) is 5.38. The van der Waals surface area contributed by atoms with Crippen molar-refractivity contribution in [2.24, 2.45) is 5.73 Å². The predicted octanol–water partition coefficient (Wildman–Crippen LogP) is 0.0987. The lowest BCUT2D eigenvalue weighted by atomic mass is 10.2. The van der Waals surface area contributed by atoms with Crippen LogP contribution in [0.25, 0.3) is 0 Å². The molecule has 0 aromatic carbocycles. The van der Waals surface area contributed by atoms with E-state index < -0.39 is 0 Å². The summed E-state index contributed by atoms with van der Waals surface area (Å²) in [5.41, 5.74) is 5.67. The molecular weight excluding hydrogens is 180 g/mol. The average Bonchev–Trinajstić information content (AvgIpc) is 2.45. The van der Waals surface area contributed by atoms with Crippen molar-refractivity contribution in [3.63, 3.8) is 0 Å². The molecular formula is C10H20N2O2. The van der Waals surface area contributed by atoms with E-state index >= 15 is 0 Å². The van der Waals surface area contributed by atoms with Crippen molar-refractivity contribution >= 4 is 5.91 Å². The van der Waals surface area contributed by atoms with Gasteiger partial charge in [0.2, 0.25) is 5.91 Å². The number of carbonyl (C=O) groups excluding carboxylic acids is 1. The summed E-state index contributed by atoms with van der Waals surface area (Å²) in [6.07, 6.45) is 4.53. The van der Waals surface area contributed by atoms with Crippen LogP contribution in [0.15, 0.2) is 0 Å². The fraction of sp³-hybridized carbons (Fsp3) is 0.900. The topological polar surface area (TPSA) is 66.6 Å². The molecule has 0 bridgehead atoms. The zero-order valence-electron chi connectivity index (χ0n) is 8.61. The molecule has 0 radical (unpaired) electrons. The molecule has 1 saturated heterocycles. The van der Waals surface area contributed by atoms with E-state index in [1.165, 1.54) is 0 Å². The Morgan fingerprint density at radius 2 is 2.07 bits per heavy atom. The quantitative estimate of drug-likeness (QED) is 0.598. The number of rotatable bonds is 6. The second kappa shape index (κ2) is 5.98. The summed E-state index contributed by atoms with van der Waals surface area (Å²) in [6, 6.07) is 0.0416. The van der Waals surface area contributed by atoms with Crippen molar-refractivity contribution in [3.8, 4) is 0 Å². The van der Waals surface area contributed by atoms with Gasteiger partial charge < -0.3 is 15.7 Å². The molecule has 0 aliphatic carbocycles. The first-order chi connectivity index (χ1) is 6.74. The molecule has 1 amide bonds. The Bertz CT molecular complexity index is 185. The normalized spacial score (nSPS) is 22.0. The number of amides is 1. The highest BCUT2D eigenvalue weighted by Crippen LogP contribution is 2.10. The second-order valence-electron chi connectivity index (χ2n) is 3.94. The van der Waals surface area contributed by atoms with E-state index in [9.17, 15) is 4.79 Å². The van der Waals surface area contributed by atoms with Crippen LogP contribution in [0.1, 0.15) is 32.1 Å². The lowest BCUT2D eigenvalue weighted by Crippen LogP contribution is -2.29. The van der Waals surface area contributed by atoms with E-state index in [0.717, 1.165) is 38.8 Å². The maximum Gasteiger partial charge on any atom is 0.224 e. The van der Waals surface area contributed by atoms with Crippen molar-refractivity contribution in [1.82, 2.24) is 4.90 Å². The first kappa shape index (κ1) is 11.5. The summed E-state index contributed by atoms with van der Waals surface area (Å²) in [5.74, 6) is 0.194. The molecule has 1 fully saturated rings. The summed E-state index contributed by atoms with van der Waals surface area (Å²) < 4.78 is 0. The molecule has 14 heavy (non-hydrogen) atoms. The predicted molar refractivity (Wildman–Crippen MR) is 54.7 cm³/mol. The Hall–Kier alpha value is -0.610. The molecule has 4 nitrogen and oxygen atoms in total. The SMILES string of the molecule is NC1CC(=O)N(CCCCCCO)C1. The lowest BCUT2D eigenvalue weighted by Gasteiger charge is -2.15. The van der Waals surface area contributed by atoms with Crippen LogP contribution in [0.3, 0.4) is 0 Å². The number of aliphatic hydroxyl groups excluding tert-OH is 1. The molecule has 1 aliphatic heterocycles. The third-order valence-electron chi connectivity index (χ3n) is 2.58. The minimum absolute atomic E-state index is 0.0416. The van der Waals surface area contributed by atoms with Gasteiger partial charge >= 0.3 is 0 Å². The Morgan fingerprint density at radius 1 is 1.36 bits per heavy atom. The molecule has 1 unspecified atom stereocenters. The Kier molecular flexibility index (Phi) is 4.90. The summed E-state index contributed by atoms with van der Waals surface area (Å²) >= 11 is 0. The number of aliphatic hydroxyl groups is 1. The standard InChI is InChI=1S/C10H20N2O2/c11-9-7-10(14)12(8-9)5-3-1-2-4-6-13/h9,13H,1-8,11H2. The van der Waals surface area contributed by atoms with Gasteiger partial charge in [-0.25, -0.2) is 0 Å². The molecule has 1 rings (SSSR count). The van der Waals surface area contributed by atoms with Crippen LogP contribution in [0.2, 0.25) is 0 Å². The van der Waals surface area contributed by atoms with Gasteiger partial charge in [-0.2, -0.15) is 0 Å². The third-order valence-corrected chi connectivity index (χ3v) is 2.58. The fourth-order valence-electron chi connectivity index (χ4n) is 1.79. The van der Waals surface area contributed by atoms with Gasteiger partial charge in [0.15, 0.2) is 0 Å². The highest BCUT2D eigenvalue weighted by Gasteiger charge is 2.25. The van der Waals surface area contributed by atoms with Crippen LogP contribution in [-0.2, 0) is 4.79 Å². The second-order valence-corrected chi connectivity index (χ2v) is 3.94. The maximum atomic E-state index is 11.3. The van der Waals surface area contributed by atoms with Crippen LogP contribution in [-0.4, -0.2) is 41.7 Å².